The smallest absolute Gasteiger partial charge is 0.115 e. The van der Waals surface area contributed by atoms with Crippen LogP contribution in [-0.4, -0.2) is 9.59 Å². The maximum absolute atomic E-state index is 8.24. The van der Waals surface area contributed by atoms with Crippen molar-refractivity contribution >= 4 is 38.8 Å². The molecule has 0 radical (unpaired) electrons. The molecular weight excluding hydrogens is 298 g/mol. The Hall–Kier alpha value is -0.950. The Morgan fingerprint density at radius 2 is 2.47 bits per heavy atom. The Morgan fingerprint density at radius 1 is 1.60 bits per heavy atom. The molecule has 2 aromatic heterocycles. The molecule has 0 unspecified atom stereocenters. The van der Waals surface area contributed by atoms with Gasteiger partial charge in [-0.15, -0.1) is 16.4 Å². The molecule has 0 fully saturated rings. The third kappa shape index (κ3) is 2.35. The van der Waals surface area contributed by atoms with Crippen molar-refractivity contribution in [3.05, 3.63) is 31.2 Å². The average Bonchev–Trinajstić information content (AvgIpc) is 2.83. The van der Waals surface area contributed by atoms with Crippen molar-refractivity contribution in [3.8, 4) is 10.6 Å². The number of azide groups is 1. The Kier molecular flexibility index (Phi) is 3.32. The van der Waals surface area contributed by atoms with Gasteiger partial charge in [0.05, 0.1) is 11.4 Å². The van der Waals surface area contributed by atoms with E-state index in [1.165, 1.54) is 11.5 Å². The predicted octanol–water partition coefficient (Wildman–Crippen LogP) is 3.84. The maximum atomic E-state index is 8.24. The highest BCUT2D eigenvalue weighted by Crippen LogP contribution is 2.34. The van der Waals surface area contributed by atoms with Gasteiger partial charge < -0.3 is 0 Å². The van der Waals surface area contributed by atoms with Crippen molar-refractivity contribution in [2.45, 2.75) is 6.54 Å². The molecule has 0 bridgehead atoms. The molecule has 0 amide bonds. The summed E-state index contributed by atoms with van der Waals surface area (Å²) in [4.78, 5) is 4.75. The number of rotatable bonds is 3. The van der Waals surface area contributed by atoms with Crippen molar-refractivity contribution in [2.75, 3.05) is 0 Å². The first kappa shape index (κ1) is 10.6. The second kappa shape index (κ2) is 4.71. The zero-order valence-corrected chi connectivity index (χ0v) is 10.5. The lowest BCUT2D eigenvalue weighted by Gasteiger charge is -1.87. The van der Waals surface area contributed by atoms with Crippen LogP contribution in [0.25, 0.3) is 21.0 Å². The molecule has 0 atom stereocenters. The third-order valence-corrected chi connectivity index (χ3v) is 4.26. The molecule has 2 rings (SSSR count). The van der Waals surface area contributed by atoms with Crippen molar-refractivity contribution in [1.82, 2.24) is 9.59 Å². The summed E-state index contributed by atoms with van der Waals surface area (Å²) in [6, 6.07) is 1.96. The molecule has 8 heteroatoms. The van der Waals surface area contributed by atoms with Gasteiger partial charge in [0.1, 0.15) is 5.69 Å². The first-order chi connectivity index (χ1) is 7.31. The van der Waals surface area contributed by atoms with Gasteiger partial charge in [0.2, 0.25) is 0 Å². The SMILES string of the molecule is [N-]=[N+]=NCc1sc(-c2csnn2)cc1Br. The summed E-state index contributed by atoms with van der Waals surface area (Å²) in [6.07, 6.45) is 0. The van der Waals surface area contributed by atoms with Gasteiger partial charge in [0.15, 0.2) is 0 Å². The first-order valence-electron chi connectivity index (χ1n) is 3.87. The molecule has 0 saturated carbocycles. The molecule has 5 nitrogen and oxygen atoms in total. The lowest BCUT2D eigenvalue weighted by Crippen LogP contribution is -1.71. The highest BCUT2D eigenvalue weighted by atomic mass is 79.9. The van der Waals surface area contributed by atoms with E-state index >= 15 is 0 Å². The number of hydrogen-bond donors (Lipinski definition) is 0. The highest BCUT2D eigenvalue weighted by molar-refractivity contribution is 9.10. The van der Waals surface area contributed by atoms with Gasteiger partial charge in [-0.25, -0.2) is 0 Å². The number of halogens is 1. The van der Waals surface area contributed by atoms with E-state index in [0.717, 1.165) is 19.9 Å². The zero-order chi connectivity index (χ0) is 10.7. The van der Waals surface area contributed by atoms with Crippen LogP contribution in [0, 0.1) is 0 Å². The van der Waals surface area contributed by atoms with Crippen molar-refractivity contribution in [1.29, 1.82) is 0 Å². The summed E-state index contributed by atoms with van der Waals surface area (Å²) in [5.74, 6) is 0. The highest BCUT2D eigenvalue weighted by Gasteiger charge is 2.09. The van der Waals surface area contributed by atoms with Crippen LogP contribution < -0.4 is 0 Å². The normalized spacial score (nSPS) is 9.93. The molecular formula is C7H4BrN5S2. The van der Waals surface area contributed by atoms with E-state index in [1.807, 2.05) is 11.4 Å². The summed E-state index contributed by atoms with van der Waals surface area (Å²) in [5, 5.41) is 9.39. The maximum Gasteiger partial charge on any atom is 0.115 e. The van der Waals surface area contributed by atoms with Crippen LogP contribution in [0.15, 0.2) is 21.0 Å². The van der Waals surface area contributed by atoms with Crippen LogP contribution >= 0.6 is 38.8 Å². The number of aromatic nitrogens is 2. The van der Waals surface area contributed by atoms with Gasteiger partial charge in [-0.05, 0) is 39.1 Å². The third-order valence-electron chi connectivity index (χ3n) is 1.65. The standard InChI is InChI=1S/C7H4BrN5S2/c8-4-1-6(5-3-14-13-11-5)15-7(4)2-10-12-9/h1,3H,2H2. The van der Waals surface area contributed by atoms with Crippen LogP contribution in [0.3, 0.4) is 0 Å². The zero-order valence-electron chi connectivity index (χ0n) is 7.29. The average molecular weight is 302 g/mol. The van der Waals surface area contributed by atoms with Crippen LogP contribution in [0.4, 0.5) is 0 Å². The molecule has 0 aliphatic rings. The lowest BCUT2D eigenvalue weighted by molar-refractivity contribution is 1.07. The van der Waals surface area contributed by atoms with Gasteiger partial charge in [0.25, 0.3) is 0 Å². The fraction of sp³-hybridized carbons (Fsp3) is 0.143. The van der Waals surface area contributed by atoms with Gasteiger partial charge in [0, 0.05) is 19.6 Å². The Balaban J connectivity index is 2.32. The van der Waals surface area contributed by atoms with Crippen molar-refractivity contribution in [3.63, 3.8) is 0 Å². The molecule has 0 spiro atoms. The van der Waals surface area contributed by atoms with E-state index in [4.69, 9.17) is 5.53 Å². The Morgan fingerprint density at radius 3 is 3.13 bits per heavy atom. The van der Waals surface area contributed by atoms with Crippen molar-refractivity contribution in [2.24, 2.45) is 5.11 Å². The van der Waals surface area contributed by atoms with Crippen LogP contribution in [0.5, 0.6) is 0 Å². The molecule has 0 saturated heterocycles. The van der Waals surface area contributed by atoms with Crippen LogP contribution in [0.2, 0.25) is 0 Å². The molecule has 0 aliphatic carbocycles. The van der Waals surface area contributed by atoms with Crippen LogP contribution in [-0.2, 0) is 6.54 Å². The minimum Gasteiger partial charge on any atom is -0.137 e. The quantitative estimate of drug-likeness (QED) is 0.491. The monoisotopic (exact) mass is 301 g/mol. The summed E-state index contributed by atoms with van der Waals surface area (Å²) < 4.78 is 4.75. The topological polar surface area (TPSA) is 74.5 Å². The Labute approximate surface area is 102 Å². The fourth-order valence-corrected chi connectivity index (χ4v) is 3.21. The summed E-state index contributed by atoms with van der Waals surface area (Å²) in [6.45, 7) is 0.360. The first-order valence-corrected chi connectivity index (χ1v) is 6.32. The van der Waals surface area contributed by atoms with Gasteiger partial charge in [-0.2, -0.15) is 0 Å². The van der Waals surface area contributed by atoms with E-state index < -0.39 is 0 Å². The molecule has 0 aliphatic heterocycles. The molecule has 0 aromatic carbocycles. The second-order valence-electron chi connectivity index (χ2n) is 2.56. The summed E-state index contributed by atoms with van der Waals surface area (Å²) in [7, 11) is 0. The molecule has 15 heavy (non-hydrogen) atoms. The fourth-order valence-electron chi connectivity index (χ4n) is 1.01. The van der Waals surface area contributed by atoms with Gasteiger partial charge in [-0.3, -0.25) is 0 Å². The molecule has 0 N–H and O–H groups in total. The van der Waals surface area contributed by atoms with E-state index in [2.05, 4.69) is 35.5 Å². The lowest BCUT2D eigenvalue weighted by atomic mass is 10.4. The summed E-state index contributed by atoms with van der Waals surface area (Å²) >= 11 is 6.28. The molecule has 2 heterocycles. The predicted molar refractivity (Wildman–Crippen MR) is 63.8 cm³/mol. The van der Waals surface area contributed by atoms with E-state index in [0.29, 0.717) is 6.54 Å². The minimum atomic E-state index is 0.360. The van der Waals surface area contributed by atoms with E-state index in [-0.39, 0.29) is 0 Å². The van der Waals surface area contributed by atoms with Gasteiger partial charge >= 0.3 is 0 Å². The Bertz CT molecular complexity index is 499. The second-order valence-corrected chi connectivity index (χ2v) is 5.16. The minimum absolute atomic E-state index is 0.360. The van der Waals surface area contributed by atoms with Crippen LogP contribution in [0.1, 0.15) is 4.88 Å². The van der Waals surface area contributed by atoms with Crippen molar-refractivity contribution < 1.29 is 0 Å². The largest absolute Gasteiger partial charge is 0.137 e. The molecule has 2 aromatic rings. The van der Waals surface area contributed by atoms with Gasteiger partial charge in [-0.1, -0.05) is 9.60 Å². The van der Waals surface area contributed by atoms with E-state index in [9.17, 15) is 0 Å². The molecule has 76 valence electrons. The number of hydrogen-bond acceptors (Lipinski definition) is 5. The summed E-state index contributed by atoms with van der Waals surface area (Å²) in [5.41, 5.74) is 9.10. The van der Waals surface area contributed by atoms with E-state index in [1.54, 1.807) is 11.3 Å². The number of nitrogens with zero attached hydrogens (tertiary/aromatic N) is 5. The number of thiophene rings is 1.